The molecular weight excluding hydrogens is 407 g/mol. The summed E-state index contributed by atoms with van der Waals surface area (Å²) in [5.41, 5.74) is 0.622. The Labute approximate surface area is 176 Å². The second-order valence-corrected chi connectivity index (χ2v) is 8.30. The normalized spacial score (nSPS) is 18.8. The number of halogens is 1. The van der Waals surface area contributed by atoms with E-state index in [1.807, 2.05) is 12.1 Å². The molecule has 0 N–H and O–H groups in total. The van der Waals surface area contributed by atoms with Crippen LogP contribution >= 0.6 is 11.3 Å². The van der Waals surface area contributed by atoms with Crippen LogP contribution in [0.15, 0.2) is 48.5 Å². The highest BCUT2D eigenvalue weighted by Crippen LogP contribution is 2.36. The summed E-state index contributed by atoms with van der Waals surface area (Å²) in [7, 11) is 0. The molecule has 6 nitrogen and oxygen atoms in total. The number of rotatable bonds is 2. The van der Waals surface area contributed by atoms with Gasteiger partial charge in [-0.3, -0.25) is 14.5 Å². The fraction of sp³-hybridized carbons (Fsp3) is 0.273. The molecule has 2 aromatic carbocycles. The van der Waals surface area contributed by atoms with Crippen LogP contribution in [0.4, 0.5) is 10.1 Å². The maximum atomic E-state index is 13.6. The molecule has 154 valence electrons. The van der Waals surface area contributed by atoms with Crippen LogP contribution in [0.2, 0.25) is 0 Å². The van der Waals surface area contributed by atoms with E-state index in [4.69, 9.17) is 9.47 Å². The van der Waals surface area contributed by atoms with Gasteiger partial charge in [0.25, 0.3) is 11.8 Å². The molecule has 1 aromatic heterocycles. The van der Waals surface area contributed by atoms with Gasteiger partial charge in [-0.1, -0.05) is 12.1 Å². The molecule has 5 rings (SSSR count). The van der Waals surface area contributed by atoms with Crippen LogP contribution in [-0.2, 0) is 9.53 Å². The molecule has 30 heavy (non-hydrogen) atoms. The number of carbonyl (C=O) groups excluding carboxylic acids is 2. The lowest BCUT2D eigenvalue weighted by Crippen LogP contribution is -2.54. The Hall–Kier alpha value is -2.97. The van der Waals surface area contributed by atoms with Gasteiger partial charge in [-0.2, -0.15) is 0 Å². The summed E-state index contributed by atoms with van der Waals surface area (Å²) in [6.07, 6.45) is -0.784. The summed E-state index contributed by atoms with van der Waals surface area (Å²) in [4.78, 5) is 30.2. The Morgan fingerprint density at radius 3 is 2.70 bits per heavy atom. The van der Waals surface area contributed by atoms with Gasteiger partial charge in [-0.05, 0) is 41.8 Å². The van der Waals surface area contributed by atoms with E-state index >= 15 is 0 Å². The molecule has 0 spiro atoms. The van der Waals surface area contributed by atoms with Crippen molar-refractivity contribution in [1.82, 2.24) is 4.90 Å². The highest BCUT2D eigenvalue weighted by Gasteiger charge is 2.37. The first-order valence-corrected chi connectivity index (χ1v) is 10.5. The van der Waals surface area contributed by atoms with Crippen LogP contribution in [0.5, 0.6) is 5.75 Å². The van der Waals surface area contributed by atoms with Gasteiger partial charge in [0.05, 0.1) is 30.3 Å². The van der Waals surface area contributed by atoms with E-state index in [9.17, 15) is 14.0 Å². The summed E-state index contributed by atoms with van der Waals surface area (Å²) >= 11 is 1.31. The molecule has 2 aliphatic rings. The fourth-order valence-electron chi connectivity index (χ4n) is 3.80. The quantitative estimate of drug-likeness (QED) is 0.631. The predicted octanol–water partition coefficient (Wildman–Crippen LogP) is 3.31. The van der Waals surface area contributed by atoms with Crippen LogP contribution in [0.25, 0.3) is 10.1 Å². The zero-order valence-corrected chi connectivity index (χ0v) is 16.9. The van der Waals surface area contributed by atoms with E-state index in [1.54, 1.807) is 34.1 Å². The topological polar surface area (TPSA) is 59.1 Å². The monoisotopic (exact) mass is 426 g/mol. The van der Waals surface area contributed by atoms with Crippen molar-refractivity contribution in [3.8, 4) is 5.75 Å². The third-order valence-electron chi connectivity index (χ3n) is 5.31. The predicted molar refractivity (Wildman–Crippen MR) is 112 cm³/mol. The van der Waals surface area contributed by atoms with Gasteiger partial charge in [0.1, 0.15) is 11.6 Å². The molecule has 0 radical (unpaired) electrons. The summed E-state index contributed by atoms with van der Waals surface area (Å²) in [6, 6.07) is 13.4. The average Bonchev–Trinajstić information content (AvgIpc) is 3.21. The molecular formula is C22H19FN2O4S. The first-order valence-electron chi connectivity index (χ1n) is 9.73. The SMILES string of the molecule is O=C([C@@H]1CN(C(=O)c2cc3cc(F)ccc3s2)c2ccccc2O1)N1CCOCC1. The van der Waals surface area contributed by atoms with Crippen molar-refractivity contribution in [3.63, 3.8) is 0 Å². The number of morpholine rings is 1. The van der Waals surface area contributed by atoms with Crippen LogP contribution < -0.4 is 9.64 Å². The second kappa shape index (κ2) is 7.70. The number of nitrogens with zero attached hydrogens (tertiary/aromatic N) is 2. The van der Waals surface area contributed by atoms with Crippen LogP contribution in [0, 0.1) is 5.82 Å². The van der Waals surface area contributed by atoms with E-state index in [-0.39, 0.29) is 24.2 Å². The lowest BCUT2D eigenvalue weighted by molar-refractivity contribution is -0.142. The third kappa shape index (κ3) is 3.42. The van der Waals surface area contributed by atoms with E-state index in [1.165, 1.54) is 23.5 Å². The van der Waals surface area contributed by atoms with Gasteiger partial charge in [0.15, 0.2) is 6.10 Å². The Balaban J connectivity index is 1.47. The fourth-order valence-corrected chi connectivity index (χ4v) is 4.79. The smallest absolute Gasteiger partial charge is 0.268 e. The minimum atomic E-state index is -0.784. The highest BCUT2D eigenvalue weighted by molar-refractivity contribution is 7.20. The molecule has 1 saturated heterocycles. The Kier molecular flexibility index (Phi) is 4.88. The third-order valence-corrected chi connectivity index (χ3v) is 6.41. The Morgan fingerprint density at radius 2 is 1.87 bits per heavy atom. The molecule has 1 fully saturated rings. The standard InChI is InChI=1S/C22H19FN2O4S/c23-15-5-6-19-14(11-15)12-20(30-19)22(27)25-13-18(21(26)24-7-9-28-10-8-24)29-17-4-2-1-3-16(17)25/h1-6,11-12,18H,7-10,13H2/t18-/m0/s1. The molecule has 1 atom stereocenters. The second-order valence-electron chi connectivity index (χ2n) is 7.22. The zero-order chi connectivity index (χ0) is 20.7. The summed E-state index contributed by atoms with van der Waals surface area (Å²) in [5.74, 6) is -0.223. The Morgan fingerprint density at radius 1 is 1.07 bits per heavy atom. The molecule has 3 heterocycles. The van der Waals surface area contributed by atoms with E-state index in [2.05, 4.69) is 0 Å². The number of hydrogen-bond donors (Lipinski definition) is 0. The molecule has 2 amide bonds. The minimum Gasteiger partial charge on any atom is -0.476 e. The van der Waals surface area contributed by atoms with Crippen molar-refractivity contribution in [2.24, 2.45) is 0 Å². The van der Waals surface area contributed by atoms with Crippen molar-refractivity contribution in [1.29, 1.82) is 0 Å². The van der Waals surface area contributed by atoms with E-state index < -0.39 is 6.10 Å². The number of carbonyl (C=O) groups is 2. The molecule has 0 aliphatic carbocycles. The first-order chi connectivity index (χ1) is 14.6. The van der Waals surface area contributed by atoms with Gasteiger partial charge in [-0.25, -0.2) is 4.39 Å². The number of benzene rings is 2. The Bertz CT molecular complexity index is 1130. The molecule has 8 heteroatoms. The molecule has 3 aromatic rings. The zero-order valence-electron chi connectivity index (χ0n) is 16.0. The average molecular weight is 426 g/mol. The summed E-state index contributed by atoms with van der Waals surface area (Å²) < 4.78 is 25.7. The van der Waals surface area contributed by atoms with Crippen molar-refractivity contribution in [2.75, 3.05) is 37.7 Å². The van der Waals surface area contributed by atoms with Gasteiger partial charge in [0.2, 0.25) is 0 Å². The van der Waals surface area contributed by atoms with Crippen molar-refractivity contribution in [2.45, 2.75) is 6.10 Å². The molecule has 0 bridgehead atoms. The lowest BCUT2D eigenvalue weighted by atomic mass is 10.1. The van der Waals surface area contributed by atoms with Crippen LogP contribution in [0.3, 0.4) is 0 Å². The number of amides is 2. The number of ether oxygens (including phenoxy) is 2. The first kappa shape index (κ1) is 19.0. The summed E-state index contributed by atoms with van der Waals surface area (Å²) in [6.45, 7) is 2.13. The number of fused-ring (bicyclic) bond motifs is 2. The largest absolute Gasteiger partial charge is 0.476 e. The minimum absolute atomic E-state index is 0.120. The number of hydrogen-bond acceptors (Lipinski definition) is 5. The van der Waals surface area contributed by atoms with Gasteiger partial charge in [-0.15, -0.1) is 11.3 Å². The van der Waals surface area contributed by atoms with Gasteiger partial charge in [0, 0.05) is 17.8 Å². The van der Waals surface area contributed by atoms with Crippen molar-refractivity contribution < 1.29 is 23.5 Å². The van der Waals surface area contributed by atoms with Gasteiger partial charge >= 0.3 is 0 Å². The van der Waals surface area contributed by atoms with Crippen LogP contribution in [-0.4, -0.2) is 55.7 Å². The van der Waals surface area contributed by atoms with E-state index in [0.717, 1.165) is 4.70 Å². The highest BCUT2D eigenvalue weighted by atomic mass is 32.1. The maximum Gasteiger partial charge on any atom is 0.268 e. The number of thiophene rings is 1. The maximum absolute atomic E-state index is 13.6. The number of para-hydroxylation sites is 2. The van der Waals surface area contributed by atoms with Crippen molar-refractivity contribution in [3.05, 3.63) is 59.2 Å². The summed E-state index contributed by atoms with van der Waals surface area (Å²) in [5, 5.41) is 0.686. The van der Waals surface area contributed by atoms with E-state index in [0.29, 0.717) is 48.0 Å². The van der Waals surface area contributed by atoms with Gasteiger partial charge < -0.3 is 14.4 Å². The number of anilines is 1. The molecule has 0 unspecified atom stereocenters. The van der Waals surface area contributed by atoms with Crippen LogP contribution in [0.1, 0.15) is 9.67 Å². The lowest BCUT2D eigenvalue weighted by Gasteiger charge is -2.37. The van der Waals surface area contributed by atoms with Crippen molar-refractivity contribution >= 4 is 38.9 Å². The molecule has 2 aliphatic heterocycles. The molecule has 0 saturated carbocycles.